The van der Waals surface area contributed by atoms with E-state index in [4.69, 9.17) is 37.7 Å². The lowest BCUT2D eigenvalue weighted by molar-refractivity contribution is 0.174. The fourth-order valence-corrected chi connectivity index (χ4v) is 6.55. The second-order valence-corrected chi connectivity index (χ2v) is 11.8. The fraction of sp³-hybridized carbons (Fsp3) is 0.231. The summed E-state index contributed by atoms with van der Waals surface area (Å²) < 4.78 is 36.1. The maximum atomic E-state index is 12.5. The highest BCUT2D eigenvalue weighted by Crippen LogP contribution is 2.40. The molecule has 2 aromatic heterocycles. The summed E-state index contributed by atoms with van der Waals surface area (Å²) in [5, 5.41) is 0.261. The molecule has 0 atom stereocenters. The van der Waals surface area contributed by atoms with Crippen LogP contribution in [-0.2, 0) is 9.84 Å². The SMILES string of the molecule is CS(=O)(=O)c1c(N2CCN(c3nc(-c4ccc5c(c4)OCO5)c(-c4ccccn4)[nH]3)CC2)ccc(Cl)c1Cl. The molecule has 38 heavy (non-hydrogen) atoms. The lowest BCUT2D eigenvalue weighted by Gasteiger charge is -2.36. The maximum Gasteiger partial charge on any atom is 0.231 e. The predicted octanol–water partition coefficient (Wildman–Crippen LogP) is 4.90. The van der Waals surface area contributed by atoms with Crippen LogP contribution < -0.4 is 19.3 Å². The van der Waals surface area contributed by atoms with Gasteiger partial charge in [-0.25, -0.2) is 13.4 Å². The highest BCUT2D eigenvalue weighted by Gasteiger charge is 2.28. The molecule has 6 rings (SSSR count). The summed E-state index contributed by atoms with van der Waals surface area (Å²) in [5.74, 6) is 2.09. The zero-order valence-corrected chi connectivity index (χ0v) is 22.6. The number of aromatic nitrogens is 3. The third kappa shape index (κ3) is 4.53. The van der Waals surface area contributed by atoms with Crippen molar-refractivity contribution in [1.29, 1.82) is 0 Å². The number of nitrogens with zero attached hydrogens (tertiary/aromatic N) is 4. The van der Waals surface area contributed by atoms with Crippen LogP contribution in [0.1, 0.15) is 0 Å². The van der Waals surface area contributed by atoms with Gasteiger partial charge in [0.2, 0.25) is 12.7 Å². The summed E-state index contributed by atoms with van der Waals surface area (Å²) in [6.07, 6.45) is 2.89. The van der Waals surface area contributed by atoms with E-state index < -0.39 is 9.84 Å². The van der Waals surface area contributed by atoms with Gasteiger partial charge in [-0.3, -0.25) is 4.98 Å². The summed E-state index contributed by atoms with van der Waals surface area (Å²) in [7, 11) is -3.59. The Kier molecular flexibility index (Phi) is 6.33. The number of hydrogen-bond acceptors (Lipinski definition) is 8. The molecule has 196 valence electrons. The van der Waals surface area contributed by atoms with Gasteiger partial charge in [-0.2, -0.15) is 0 Å². The number of hydrogen-bond donors (Lipinski definition) is 1. The van der Waals surface area contributed by atoms with Crippen molar-refractivity contribution in [2.45, 2.75) is 4.90 Å². The van der Waals surface area contributed by atoms with Crippen molar-refractivity contribution in [2.24, 2.45) is 0 Å². The van der Waals surface area contributed by atoms with Crippen molar-refractivity contribution in [3.63, 3.8) is 0 Å². The number of aromatic amines is 1. The van der Waals surface area contributed by atoms with E-state index in [1.165, 1.54) is 0 Å². The van der Waals surface area contributed by atoms with E-state index in [0.717, 1.165) is 28.9 Å². The molecule has 1 fully saturated rings. The van der Waals surface area contributed by atoms with Crippen LogP contribution in [0, 0.1) is 0 Å². The molecule has 2 aromatic carbocycles. The van der Waals surface area contributed by atoms with Gasteiger partial charge in [0.05, 0.1) is 27.1 Å². The number of piperazine rings is 1. The van der Waals surface area contributed by atoms with Gasteiger partial charge >= 0.3 is 0 Å². The first-order chi connectivity index (χ1) is 18.3. The number of fused-ring (bicyclic) bond motifs is 1. The molecule has 0 saturated carbocycles. The average molecular weight is 572 g/mol. The molecule has 0 radical (unpaired) electrons. The van der Waals surface area contributed by atoms with Crippen molar-refractivity contribution in [2.75, 3.05) is 49.0 Å². The van der Waals surface area contributed by atoms with E-state index in [-0.39, 0.29) is 21.7 Å². The minimum Gasteiger partial charge on any atom is -0.454 e. The van der Waals surface area contributed by atoms with Gasteiger partial charge in [0.15, 0.2) is 21.3 Å². The van der Waals surface area contributed by atoms with Gasteiger partial charge in [-0.15, -0.1) is 0 Å². The minimum atomic E-state index is -3.59. The molecule has 1 saturated heterocycles. The number of anilines is 2. The van der Waals surface area contributed by atoms with Gasteiger partial charge in [0, 0.05) is 44.2 Å². The Balaban J connectivity index is 1.31. The Bertz CT molecular complexity index is 1620. The molecule has 4 aromatic rings. The number of benzene rings is 2. The Morgan fingerprint density at radius 2 is 1.71 bits per heavy atom. The number of halogens is 2. The van der Waals surface area contributed by atoms with Crippen LogP contribution >= 0.6 is 23.2 Å². The van der Waals surface area contributed by atoms with E-state index >= 15 is 0 Å². The molecule has 12 heteroatoms. The molecule has 4 heterocycles. The summed E-state index contributed by atoms with van der Waals surface area (Å²) in [5.41, 5.74) is 3.75. The van der Waals surface area contributed by atoms with Crippen LogP contribution in [0.15, 0.2) is 59.6 Å². The van der Waals surface area contributed by atoms with Crippen LogP contribution in [-0.4, -0.2) is 62.6 Å². The molecule has 1 N–H and O–H groups in total. The first-order valence-electron chi connectivity index (χ1n) is 11.9. The molecule has 0 bridgehead atoms. The van der Waals surface area contributed by atoms with E-state index in [1.54, 1.807) is 18.3 Å². The van der Waals surface area contributed by atoms with Crippen molar-refractivity contribution in [1.82, 2.24) is 15.0 Å². The van der Waals surface area contributed by atoms with Crippen molar-refractivity contribution in [3.05, 3.63) is 64.8 Å². The van der Waals surface area contributed by atoms with E-state index in [9.17, 15) is 8.42 Å². The van der Waals surface area contributed by atoms with Gasteiger partial charge in [0.1, 0.15) is 10.6 Å². The van der Waals surface area contributed by atoms with Crippen LogP contribution in [0.25, 0.3) is 22.6 Å². The molecule has 2 aliphatic heterocycles. The number of H-pyrrole nitrogens is 1. The van der Waals surface area contributed by atoms with Gasteiger partial charge in [-0.1, -0.05) is 29.3 Å². The quantitative estimate of drug-likeness (QED) is 0.361. The van der Waals surface area contributed by atoms with Gasteiger partial charge in [-0.05, 0) is 42.5 Å². The second-order valence-electron chi connectivity index (χ2n) is 9.02. The molecular formula is C26H23Cl2N5O4S. The summed E-state index contributed by atoms with van der Waals surface area (Å²) in [6.45, 7) is 2.55. The highest BCUT2D eigenvalue weighted by atomic mass is 35.5. The topological polar surface area (TPSA) is 101 Å². The second kappa shape index (κ2) is 9.68. The fourth-order valence-electron chi connectivity index (χ4n) is 4.74. The number of sulfone groups is 1. The normalized spacial score (nSPS) is 15.2. The van der Waals surface area contributed by atoms with Crippen LogP contribution in [0.3, 0.4) is 0 Å². The summed E-state index contributed by atoms with van der Waals surface area (Å²) >= 11 is 12.4. The van der Waals surface area contributed by atoms with Crippen molar-refractivity contribution >= 4 is 44.7 Å². The monoisotopic (exact) mass is 571 g/mol. The van der Waals surface area contributed by atoms with Crippen LogP contribution in [0.2, 0.25) is 10.0 Å². The molecule has 0 spiro atoms. The number of nitrogens with one attached hydrogen (secondary N) is 1. The number of ether oxygens (including phenoxy) is 2. The smallest absolute Gasteiger partial charge is 0.231 e. The molecule has 2 aliphatic rings. The van der Waals surface area contributed by atoms with Crippen molar-refractivity contribution in [3.8, 4) is 34.1 Å². The third-order valence-electron chi connectivity index (χ3n) is 6.58. The standard InChI is InChI=1S/C26H23Cl2N5O4S/c1-38(34,35)25-19(7-6-17(27)22(25)28)32-10-12-33(13-11-32)26-30-23(24(31-26)18-4-2-3-9-29-18)16-5-8-20-21(14-16)37-15-36-20/h2-9,14H,10-13,15H2,1H3,(H,30,31). The summed E-state index contributed by atoms with van der Waals surface area (Å²) in [6, 6.07) is 14.8. The highest BCUT2D eigenvalue weighted by molar-refractivity contribution is 7.91. The zero-order valence-electron chi connectivity index (χ0n) is 20.3. The van der Waals surface area contributed by atoms with E-state index in [2.05, 4.69) is 14.9 Å². The van der Waals surface area contributed by atoms with Gasteiger partial charge in [0.25, 0.3) is 0 Å². The number of imidazole rings is 1. The van der Waals surface area contributed by atoms with E-state index in [0.29, 0.717) is 49.3 Å². The van der Waals surface area contributed by atoms with Gasteiger partial charge < -0.3 is 24.3 Å². The minimum absolute atomic E-state index is 0.0495. The number of rotatable bonds is 5. The first-order valence-corrected chi connectivity index (χ1v) is 14.5. The molecule has 0 unspecified atom stereocenters. The predicted molar refractivity (Wildman–Crippen MR) is 147 cm³/mol. The lowest BCUT2D eigenvalue weighted by atomic mass is 10.1. The van der Waals surface area contributed by atoms with Crippen LogP contribution in [0.4, 0.5) is 11.6 Å². The van der Waals surface area contributed by atoms with Crippen LogP contribution in [0.5, 0.6) is 11.5 Å². The third-order valence-corrected chi connectivity index (χ3v) is 8.65. The molecular weight excluding hydrogens is 549 g/mol. The van der Waals surface area contributed by atoms with Crippen molar-refractivity contribution < 1.29 is 17.9 Å². The Morgan fingerprint density at radius 3 is 2.45 bits per heavy atom. The Morgan fingerprint density at radius 1 is 0.947 bits per heavy atom. The first kappa shape index (κ1) is 24.8. The maximum absolute atomic E-state index is 12.5. The summed E-state index contributed by atoms with van der Waals surface area (Å²) in [4.78, 5) is 17.2. The Hall–Kier alpha value is -3.47. The average Bonchev–Trinajstić information content (AvgIpc) is 3.57. The Labute approximate surface area is 229 Å². The molecule has 0 aliphatic carbocycles. The number of pyridine rings is 1. The lowest BCUT2D eigenvalue weighted by Crippen LogP contribution is -2.47. The molecule has 9 nitrogen and oxygen atoms in total. The zero-order chi connectivity index (χ0) is 26.4. The van der Waals surface area contributed by atoms with E-state index in [1.807, 2.05) is 41.3 Å². The largest absolute Gasteiger partial charge is 0.454 e. The molecule has 0 amide bonds.